The minimum absolute atomic E-state index is 0.0111. The highest BCUT2D eigenvalue weighted by Gasteiger charge is 2.25. The van der Waals surface area contributed by atoms with Gasteiger partial charge in [-0.25, -0.2) is 0 Å². The summed E-state index contributed by atoms with van der Waals surface area (Å²) in [5.41, 5.74) is 7.26. The summed E-state index contributed by atoms with van der Waals surface area (Å²) in [6, 6.07) is 7.90. The third kappa shape index (κ3) is 4.86. The lowest BCUT2D eigenvalue weighted by molar-refractivity contribution is -0.118. The Kier molecular flexibility index (Phi) is 5.33. The van der Waals surface area contributed by atoms with E-state index in [0.717, 1.165) is 31.6 Å². The lowest BCUT2D eigenvalue weighted by Crippen LogP contribution is -2.32. The lowest BCUT2D eigenvalue weighted by atomic mass is 10.1. The van der Waals surface area contributed by atoms with Gasteiger partial charge in [0.2, 0.25) is 11.8 Å². The average Bonchev–Trinajstić information content (AvgIpc) is 2.85. The van der Waals surface area contributed by atoms with Gasteiger partial charge in [-0.1, -0.05) is 19.1 Å². The lowest BCUT2D eigenvalue weighted by Gasteiger charge is -2.15. The molecule has 1 aromatic rings. The number of likely N-dealkylation sites (tertiary alicyclic amines) is 1. The minimum atomic E-state index is -0.261. The molecule has 2 rings (SSSR count). The van der Waals surface area contributed by atoms with Crippen LogP contribution in [0.2, 0.25) is 0 Å². The molecule has 0 radical (unpaired) electrons. The van der Waals surface area contributed by atoms with Crippen molar-refractivity contribution in [3.05, 3.63) is 29.8 Å². The van der Waals surface area contributed by atoms with Gasteiger partial charge < -0.3 is 11.1 Å². The number of benzene rings is 1. The monoisotopic (exact) mass is 289 g/mol. The molecule has 1 aromatic carbocycles. The molecule has 5 heteroatoms. The molecule has 0 aliphatic carbocycles. The van der Waals surface area contributed by atoms with E-state index < -0.39 is 0 Å². The highest BCUT2D eigenvalue weighted by atomic mass is 16.2. The molecule has 1 heterocycles. The fourth-order valence-electron chi connectivity index (χ4n) is 2.78. The maximum Gasteiger partial charge on any atom is 0.238 e. The molecule has 114 valence electrons. The van der Waals surface area contributed by atoms with Gasteiger partial charge in [0, 0.05) is 18.7 Å². The van der Waals surface area contributed by atoms with Gasteiger partial charge in [-0.05, 0) is 43.0 Å². The molecule has 21 heavy (non-hydrogen) atoms. The molecule has 0 spiro atoms. The van der Waals surface area contributed by atoms with Crippen LogP contribution in [0.4, 0.5) is 5.69 Å². The summed E-state index contributed by atoms with van der Waals surface area (Å²) in [4.78, 5) is 25.0. The van der Waals surface area contributed by atoms with Crippen molar-refractivity contribution in [2.45, 2.75) is 26.2 Å². The number of nitrogens with zero attached hydrogens (tertiary/aromatic N) is 1. The van der Waals surface area contributed by atoms with Crippen LogP contribution in [0.15, 0.2) is 24.3 Å². The predicted octanol–water partition coefficient (Wildman–Crippen LogP) is 1.38. The van der Waals surface area contributed by atoms with E-state index in [1.807, 2.05) is 24.3 Å². The summed E-state index contributed by atoms with van der Waals surface area (Å²) in [6.07, 6.45) is 2.29. The van der Waals surface area contributed by atoms with Crippen molar-refractivity contribution in [2.24, 2.45) is 11.7 Å². The van der Waals surface area contributed by atoms with E-state index in [0.29, 0.717) is 18.9 Å². The van der Waals surface area contributed by atoms with Crippen LogP contribution in [0.3, 0.4) is 0 Å². The van der Waals surface area contributed by atoms with Crippen molar-refractivity contribution in [1.29, 1.82) is 0 Å². The Morgan fingerprint density at radius 1 is 1.43 bits per heavy atom. The van der Waals surface area contributed by atoms with Crippen molar-refractivity contribution in [3.8, 4) is 0 Å². The molecule has 3 N–H and O–H groups in total. The molecule has 1 aliphatic heterocycles. The van der Waals surface area contributed by atoms with E-state index in [2.05, 4.69) is 17.1 Å². The van der Waals surface area contributed by atoms with Crippen molar-refractivity contribution in [3.63, 3.8) is 0 Å². The molecule has 1 fully saturated rings. The van der Waals surface area contributed by atoms with E-state index in [9.17, 15) is 9.59 Å². The highest BCUT2D eigenvalue weighted by molar-refractivity contribution is 5.92. The summed E-state index contributed by atoms with van der Waals surface area (Å²) in [7, 11) is 0. The highest BCUT2D eigenvalue weighted by Crippen LogP contribution is 2.19. The zero-order chi connectivity index (χ0) is 15.2. The van der Waals surface area contributed by atoms with Crippen molar-refractivity contribution < 1.29 is 9.59 Å². The van der Waals surface area contributed by atoms with Gasteiger partial charge in [0.05, 0.1) is 6.54 Å². The largest absolute Gasteiger partial charge is 0.370 e. The number of amides is 2. The smallest absolute Gasteiger partial charge is 0.238 e. The maximum atomic E-state index is 12.1. The summed E-state index contributed by atoms with van der Waals surface area (Å²) in [6.45, 7) is 4.07. The maximum absolute atomic E-state index is 12.1. The van der Waals surface area contributed by atoms with E-state index in [4.69, 9.17) is 5.73 Å². The molecule has 1 aliphatic rings. The van der Waals surface area contributed by atoms with Crippen molar-refractivity contribution in [1.82, 2.24) is 4.90 Å². The van der Waals surface area contributed by atoms with Gasteiger partial charge >= 0.3 is 0 Å². The molecule has 0 aromatic heterocycles. The van der Waals surface area contributed by atoms with Crippen LogP contribution in [0, 0.1) is 5.92 Å². The summed E-state index contributed by atoms with van der Waals surface area (Å²) < 4.78 is 0. The Morgan fingerprint density at radius 3 is 2.95 bits per heavy atom. The number of carbonyl (C=O) groups is 2. The zero-order valence-electron chi connectivity index (χ0n) is 12.5. The first-order valence-electron chi connectivity index (χ1n) is 7.46. The van der Waals surface area contributed by atoms with Gasteiger partial charge in [0.25, 0.3) is 0 Å². The fourth-order valence-corrected chi connectivity index (χ4v) is 2.78. The molecule has 0 saturated carbocycles. The molecule has 1 atom stereocenters. The van der Waals surface area contributed by atoms with Crippen LogP contribution in [-0.4, -0.2) is 36.3 Å². The van der Waals surface area contributed by atoms with Crippen LogP contribution in [0.25, 0.3) is 0 Å². The standard InChI is InChI=1S/C16H23N3O2/c1-2-12-4-3-5-14(8-12)18-16(21)11-19-7-6-13(10-19)9-15(17)20/h3-5,8,13H,2,6-7,9-11H2,1H3,(H2,17,20)(H,18,21). The third-order valence-corrected chi connectivity index (χ3v) is 3.85. The number of nitrogens with two attached hydrogens (primary N) is 1. The predicted molar refractivity (Wildman–Crippen MR) is 82.8 cm³/mol. The Balaban J connectivity index is 1.81. The van der Waals surface area contributed by atoms with E-state index >= 15 is 0 Å². The van der Waals surface area contributed by atoms with Gasteiger partial charge in [-0.3, -0.25) is 14.5 Å². The second kappa shape index (κ2) is 7.22. The molecule has 5 nitrogen and oxygen atoms in total. The van der Waals surface area contributed by atoms with Crippen LogP contribution in [-0.2, 0) is 16.0 Å². The first-order chi connectivity index (χ1) is 10.1. The number of primary amides is 1. The molecular weight excluding hydrogens is 266 g/mol. The number of rotatable bonds is 6. The number of anilines is 1. The van der Waals surface area contributed by atoms with Crippen LogP contribution >= 0.6 is 0 Å². The Hall–Kier alpha value is -1.88. The number of nitrogens with one attached hydrogen (secondary N) is 1. The first-order valence-corrected chi connectivity index (χ1v) is 7.46. The van der Waals surface area contributed by atoms with E-state index in [1.165, 1.54) is 5.56 Å². The van der Waals surface area contributed by atoms with Crippen molar-refractivity contribution >= 4 is 17.5 Å². The third-order valence-electron chi connectivity index (χ3n) is 3.85. The zero-order valence-corrected chi connectivity index (χ0v) is 12.5. The Labute approximate surface area is 125 Å². The van der Waals surface area contributed by atoms with Gasteiger partial charge in [0.15, 0.2) is 0 Å². The van der Waals surface area contributed by atoms with Gasteiger partial charge in [-0.2, -0.15) is 0 Å². The number of carbonyl (C=O) groups excluding carboxylic acids is 2. The second-order valence-corrected chi connectivity index (χ2v) is 5.66. The van der Waals surface area contributed by atoms with Crippen LogP contribution in [0.5, 0.6) is 0 Å². The SMILES string of the molecule is CCc1cccc(NC(=O)CN2CCC(CC(N)=O)C2)c1. The summed E-state index contributed by atoms with van der Waals surface area (Å²) in [5, 5.41) is 2.93. The average molecular weight is 289 g/mol. The van der Waals surface area contributed by atoms with Crippen LogP contribution in [0.1, 0.15) is 25.3 Å². The molecule has 1 unspecified atom stereocenters. The number of hydrogen-bond acceptors (Lipinski definition) is 3. The number of aryl methyl sites for hydroxylation is 1. The summed E-state index contributed by atoms with van der Waals surface area (Å²) in [5.74, 6) is 0.0179. The topological polar surface area (TPSA) is 75.4 Å². The quantitative estimate of drug-likeness (QED) is 0.831. The fraction of sp³-hybridized carbons (Fsp3) is 0.500. The van der Waals surface area contributed by atoms with E-state index in [-0.39, 0.29) is 11.8 Å². The Morgan fingerprint density at radius 2 is 2.24 bits per heavy atom. The number of hydrogen-bond donors (Lipinski definition) is 2. The van der Waals surface area contributed by atoms with Gasteiger partial charge in [0.1, 0.15) is 0 Å². The second-order valence-electron chi connectivity index (χ2n) is 5.66. The summed E-state index contributed by atoms with van der Waals surface area (Å²) >= 11 is 0. The van der Waals surface area contributed by atoms with Crippen molar-refractivity contribution in [2.75, 3.05) is 25.0 Å². The molecular formula is C16H23N3O2. The van der Waals surface area contributed by atoms with E-state index in [1.54, 1.807) is 0 Å². The Bertz CT molecular complexity index is 516. The van der Waals surface area contributed by atoms with Gasteiger partial charge in [-0.15, -0.1) is 0 Å². The minimum Gasteiger partial charge on any atom is -0.370 e. The molecule has 0 bridgehead atoms. The first kappa shape index (κ1) is 15.5. The normalized spacial score (nSPS) is 18.6. The van der Waals surface area contributed by atoms with Crippen LogP contribution < -0.4 is 11.1 Å². The molecule has 1 saturated heterocycles. The molecule has 2 amide bonds.